The van der Waals surface area contributed by atoms with Crippen molar-refractivity contribution >= 4 is 69.1 Å². The Morgan fingerprint density at radius 3 is 2.55 bits per heavy atom. The number of benzene rings is 2. The number of rotatable bonds is 7. The van der Waals surface area contributed by atoms with E-state index in [0.29, 0.717) is 20.6 Å². The highest BCUT2D eigenvalue weighted by Gasteiger charge is 2.36. The number of aryl methyl sites for hydroxylation is 1. The van der Waals surface area contributed by atoms with Gasteiger partial charge in [0.25, 0.3) is 11.1 Å². The number of aliphatic carboxylic acids is 1. The molecule has 1 aliphatic rings. The first kappa shape index (κ1) is 22.8. The van der Waals surface area contributed by atoms with Crippen LogP contribution in [0.4, 0.5) is 10.5 Å². The van der Waals surface area contributed by atoms with Crippen LogP contribution in [0.1, 0.15) is 11.1 Å². The molecule has 8 nitrogen and oxygen atoms in total. The van der Waals surface area contributed by atoms with E-state index in [4.69, 9.17) is 9.84 Å². The Morgan fingerprint density at radius 1 is 1.19 bits per heavy atom. The zero-order valence-corrected chi connectivity index (χ0v) is 19.2. The molecule has 0 spiro atoms. The highest BCUT2D eigenvalue weighted by molar-refractivity contribution is 14.1. The van der Waals surface area contributed by atoms with Crippen molar-refractivity contribution in [3.8, 4) is 5.75 Å². The second-order valence-corrected chi connectivity index (χ2v) is 8.71. The second-order valence-electron chi connectivity index (χ2n) is 6.55. The number of carbonyl (C=O) groups is 4. The van der Waals surface area contributed by atoms with Crippen molar-refractivity contribution in [3.05, 3.63) is 62.1 Å². The lowest BCUT2D eigenvalue weighted by Crippen LogP contribution is -2.36. The molecule has 0 bridgehead atoms. The normalized spacial score (nSPS) is 14.8. The number of carboxylic acids is 1. The van der Waals surface area contributed by atoms with E-state index in [-0.39, 0.29) is 11.4 Å². The fraction of sp³-hybridized carbons (Fsp3) is 0.143. The van der Waals surface area contributed by atoms with Gasteiger partial charge in [0, 0.05) is 5.69 Å². The van der Waals surface area contributed by atoms with E-state index in [2.05, 4.69) is 5.32 Å². The zero-order chi connectivity index (χ0) is 22.5. The Bertz CT molecular complexity index is 1080. The third kappa shape index (κ3) is 6.07. The average molecular weight is 552 g/mol. The van der Waals surface area contributed by atoms with Crippen LogP contribution < -0.4 is 10.1 Å². The number of halogens is 1. The number of ether oxygens (including phenoxy) is 1. The molecule has 0 aromatic heterocycles. The van der Waals surface area contributed by atoms with Gasteiger partial charge in [0.1, 0.15) is 12.3 Å². The Kier molecular flexibility index (Phi) is 7.33. The lowest BCUT2D eigenvalue weighted by Gasteiger charge is -2.12. The molecule has 3 amide bonds. The molecule has 1 aliphatic heterocycles. The summed E-state index contributed by atoms with van der Waals surface area (Å²) in [6.07, 6.45) is 1.55. The summed E-state index contributed by atoms with van der Waals surface area (Å²) in [6.45, 7) is 1.09. The fourth-order valence-electron chi connectivity index (χ4n) is 2.63. The van der Waals surface area contributed by atoms with E-state index >= 15 is 0 Å². The molecule has 3 rings (SSSR count). The molecule has 1 saturated heterocycles. The van der Waals surface area contributed by atoms with Gasteiger partial charge in [-0.05, 0) is 77.2 Å². The fourth-order valence-corrected chi connectivity index (χ4v) is 4.17. The topological polar surface area (TPSA) is 113 Å². The maximum absolute atomic E-state index is 12.6. The highest BCUT2D eigenvalue weighted by atomic mass is 127. The molecule has 0 aliphatic carbocycles. The largest absolute Gasteiger partial charge is 0.481 e. The van der Waals surface area contributed by atoms with Crippen molar-refractivity contribution in [2.24, 2.45) is 0 Å². The summed E-state index contributed by atoms with van der Waals surface area (Å²) in [5.41, 5.74) is 2.27. The van der Waals surface area contributed by atoms with Crippen LogP contribution in [0, 0.1) is 10.5 Å². The molecule has 1 fully saturated rings. The Balaban J connectivity index is 1.67. The number of hydrogen-bond donors (Lipinski definition) is 2. The van der Waals surface area contributed by atoms with Crippen molar-refractivity contribution in [2.45, 2.75) is 6.92 Å². The maximum atomic E-state index is 12.6. The van der Waals surface area contributed by atoms with Gasteiger partial charge in [-0.25, -0.2) is 4.79 Å². The van der Waals surface area contributed by atoms with Gasteiger partial charge in [0.05, 0.1) is 8.48 Å². The SMILES string of the molecule is Cc1ccc(NC(=O)CN2C(=O)S/C(=C/c3ccc(OCC(=O)O)c(I)c3)C2=O)cc1. The van der Waals surface area contributed by atoms with Gasteiger partial charge >= 0.3 is 5.97 Å². The molecular formula is C21H17IN2O6S. The van der Waals surface area contributed by atoms with Crippen LogP contribution in [-0.2, 0) is 14.4 Å². The zero-order valence-electron chi connectivity index (χ0n) is 16.3. The molecule has 0 saturated carbocycles. The van der Waals surface area contributed by atoms with Gasteiger partial charge in [-0.2, -0.15) is 0 Å². The van der Waals surface area contributed by atoms with Crippen molar-refractivity contribution < 1.29 is 29.0 Å². The lowest BCUT2D eigenvalue weighted by atomic mass is 10.2. The summed E-state index contributed by atoms with van der Waals surface area (Å²) >= 11 is 2.75. The molecule has 2 aromatic carbocycles. The summed E-state index contributed by atoms with van der Waals surface area (Å²) in [7, 11) is 0. The smallest absolute Gasteiger partial charge is 0.341 e. The minimum Gasteiger partial charge on any atom is -0.481 e. The van der Waals surface area contributed by atoms with Crippen LogP contribution in [0.3, 0.4) is 0 Å². The summed E-state index contributed by atoms with van der Waals surface area (Å²) in [5, 5.41) is 10.8. The summed E-state index contributed by atoms with van der Waals surface area (Å²) < 4.78 is 5.83. The minimum atomic E-state index is -1.08. The summed E-state index contributed by atoms with van der Waals surface area (Å²) in [6, 6.07) is 12.1. The molecule has 2 N–H and O–H groups in total. The van der Waals surface area contributed by atoms with Crippen molar-refractivity contribution in [3.63, 3.8) is 0 Å². The van der Waals surface area contributed by atoms with E-state index in [0.717, 1.165) is 22.2 Å². The number of carbonyl (C=O) groups excluding carboxylic acids is 3. The van der Waals surface area contributed by atoms with Gasteiger partial charge in [-0.15, -0.1) is 0 Å². The Morgan fingerprint density at radius 2 is 1.90 bits per heavy atom. The number of hydrogen-bond acceptors (Lipinski definition) is 6. The van der Waals surface area contributed by atoms with Crippen LogP contribution in [0.2, 0.25) is 0 Å². The lowest BCUT2D eigenvalue weighted by molar-refractivity contribution is -0.139. The Hall–Kier alpha value is -2.86. The number of nitrogens with one attached hydrogen (secondary N) is 1. The molecular weight excluding hydrogens is 535 g/mol. The second kappa shape index (κ2) is 9.96. The van der Waals surface area contributed by atoms with Gasteiger partial charge in [-0.3, -0.25) is 19.3 Å². The number of nitrogens with zero attached hydrogens (tertiary/aromatic N) is 1. The first-order valence-electron chi connectivity index (χ1n) is 8.99. The van der Waals surface area contributed by atoms with E-state index in [1.807, 2.05) is 41.6 Å². The Labute approximate surface area is 195 Å². The molecule has 2 aromatic rings. The van der Waals surface area contributed by atoms with Crippen molar-refractivity contribution in [1.82, 2.24) is 4.90 Å². The van der Waals surface area contributed by atoms with Crippen molar-refractivity contribution in [1.29, 1.82) is 0 Å². The third-order valence-corrected chi connectivity index (χ3v) is 5.87. The molecule has 10 heteroatoms. The summed E-state index contributed by atoms with van der Waals surface area (Å²) in [5.74, 6) is -1.70. The number of anilines is 1. The molecule has 1 heterocycles. The first-order valence-corrected chi connectivity index (χ1v) is 10.9. The molecule has 160 valence electrons. The van der Waals surface area contributed by atoms with Crippen LogP contribution in [0.25, 0.3) is 6.08 Å². The van der Waals surface area contributed by atoms with Gasteiger partial charge in [-0.1, -0.05) is 23.8 Å². The summed E-state index contributed by atoms with van der Waals surface area (Å²) in [4.78, 5) is 48.9. The van der Waals surface area contributed by atoms with Gasteiger partial charge in [0.15, 0.2) is 6.61 Å². The van der Waals surface area contributed by atoms with Crippen LogP contribution in [-0.4, -0.2) is 46.2 Å². The molecule has 0 atom stereocenters. The molecule has 0 radical (unpaired) electrons. The van der Waals surface area contributed by atoms with E-state index in [1.54, 1.807) is 36.4 Å². The number of carboxylic acid groups (broad SMARTS) is 1. The molecule has 31 heavy (non-hydrogen) atoms. The van der Waals surface area contributed by atoms with E-state index < -0.39 is 29.6 Å². The quantitative estimate of drug-likeness (QED) is 0.398. The van der Waals surface area contributed by atoms with Crippen LogP contribution in [0.5, 0.6) is 5.75 Å². The predicted molar refractivity (Wildman–Crippen MR) is 125 cm³/mol. The molecule has 0 unspecified atom stereocenters. The number of thioether (sulfide) groups is 1. The number of imide groups is 1. The maximum Gasteiger partial charge on any atom is 0.341 e. The standard InChI is InChI=1S/C21H17IN2O6S/c1-12-2-5-14(6-3-12)23-18(25)10-24-20(28)17(31-21(24)29)9-13-4-7-16(15(22)8-13)30-11-19(26)27/h2-9H,10-11H2,1H3,(H,23,25)(H,26,27)/b17-9+. The predicted octanol–water partition coefficient (Wildman–Crippen LogP) is 3.74. The monoisotopic (exact) mass is 552 g/mol. The van der Waals surface area contributed by atoms with Crippen molar-refractivity contribution in [2.75, 3.05) is 18.5 Å². The average Bonchev–Trinajstić information content (AvgIpc) is 2.96. The highest BCUT2D eigenvalue weighted by Crippen LogP contribution is 2.33. The van der Waals surface area contributed by atoms with E-state index in [1.165, 1.54) is 0 Å². The van der Waals surface area contributed by atoms with Gasteiger partial charge in [0.2, 0.25) is 5.91 Å². The number of amides is 3. The first-order chi connectivity index (χ1) is 14.7. The third-order valence-electron chi connectivity index (χ3n) is 4.12. The van der Waals surface area contributed by atoms with Gasteiger partial charge < -0.3 is 15.2 Å². The van der Waals surface area contributed by atoms with Crippen LogP contribution >= 0.6 is 34.4 Å². The van der Waals surface area contributed by atoms with E-state index in [9.17, 15) is 19.2 Å². The minimum absolute atomic E-state index is 0.197. The van der Waals surface area contributed by atoms with Crippen LogP contribution in [0.15, 0.2) is 47.4 Å².